The number of rotatable bonds is 6. The summed E-state index contributed by atoms with van der Waals surface area (Å²) in [7, 11) is 3.21. The van der Waals surface area contributed by atoms with Crippen LogP contribution in [0.5, 0.6) is 17.2 Å². The van der Waals surface area contributed by atoms with E-state index in [1.54, 1.807) is 14.2 Å². The molecule has 1 heterocycles. The van der Waals surface area contributed by atoms with E-state index in [1.807, 2.05) is 49.4 Å². The Bertz CT molecular complexity index is 942. The number of amidine groups is 1. The molecule has 0 spiro atoms. The van der Waals surface area contributed by atoms with E-state index in [0.29, 0.717) is 28.2 Å². The monoisotopic (exact) mass is 510 g/mol. The summed E-state index contributed by atoms with van der Waals surface area (Å²) < 4.78 is 17.1. The number of carbonyl (C=O) groups excluding carboxylic acids is 1. The van der Waals surface area contributed by atoms with Crippen molar-refractivity contribution >= 4 is 57.2 Å². The topological polar surface area (TPSA) is 69.2 Å². The predicted octanol–water partition coefficient (Wildman–Crippen LogP) is 4.60. The fourth-order valence-electron chi connectivity index (χ4n) is 2.51. The van der Waals surface area contributed by atoms with Crippen molar-refractivity contribution in [2.24, 2.45) is 4.99 Å². The van der Waals surface area contributed by atoms with Crippen molar-refractivity contribution in [2.75, 3.05) is 20.8 Å². The minimum absolute atomic E-state index is 0.180. The van der Waals surface area contributed by atoms with Crippen LogP contribution in [0.2, 0.25) is 0 Å². The highest BCUT2D eigenvalue weighted by atomic mass is 127. The average molecular weight is 510 g/mol. The Morgan fingerprint density at radius 1 is 1.18 bits per heavy atom. The lowest BCUT2D eigenvalue weighted by atomic mass is 10.2. The number of halogens is 1. The van der Waals surface area contributed by atoms with Gasteiger partial charge in [-0.05, 0) is 89.3 Å². The van der Waals surface area contributed by atoms with Crippen molar-refractivity contribution in [3.05, 3.63) is 50.4 Å². The standard InChI is InChI=1S/C20H19IN2O4S/c1-4-27-18-15(21)9-12(10-16(18)26-3)11-17-19(24)23-20(28-17)22-13-5-7-14(25-2)8-6-13/h5-11H,4H2,1-3H3,(H,22,23,24)/b17-11-. The van der Waals surface area contributed by atoms with Crippen LogP contribution in [0.25, 0.3) is 6.08 Å². The molecule has 1 N–H and O–H groups in total. The minimum atomic E-state index is -0.180. The van der Waals surface area contributed by atoms with Gasteiger partial charge in [-0.2, -0.15) is 0 Å². The molecule has 3 rings (SSSR count). The van der Waals surface area contributed by atoms with Gasteiger partial charge in [0.2, 0.25) is 0 Å². The van der Waals surface area contributed by atoms with E-state index in [0.717, 1.165) is 20.6 Å². The van der Waals surface area contributed by atoms with Crippen molar-refractivity contribution in [1.82, 2.24) is 5.32 Å². The number of thioether (sulfide) groups is 1. The normalized spacial score (nSPS) is 16.4. The third-order valence-electron chi connectivity index (χ3n) is 3.79. The van der Waals surface area contributed by atoms with E-state index in [1.165, 1.54) is 11.8 Å². The number of carbonyl (C=O) groups is 1. The van der Waals surface area contributed by atoms with Crippen LogP contribution in [0.1, 0.15) is 12.5 Å². The summed E-state index contributed by atoms with van der Waals surface area (Å²) in [6.45, 7) is 2.48. The van der Waals surface area contributed by atoms with Gasteiger partial charge in [0.05, 0.1) is 35.0 Å². The second-order valence-electron chi connectivity index (χ2n) is 5.65. The highest BCUT2D eigenvalue weighted by molar-refractivity contribution is 14.1. The summed E-state index contributed by atoms with van der Waals surface area (Å²) >= 11 is 3.50. The highest BCUT2D eigenvalue weighted by Gasteiger charge is 2.24. The van der Waals surface area contributed by atoms with Gasteiger partial charge in [0, 0.05) is 0 Å². The lowest BCUT2D eigenvalue weighted by molar-refractivity contribution is -0.115. The molecule has 0 aliphatic carbocycles. The molecule has 6 nitrogen and oxygen atoms in total. The summed E-state index contributed by atoms with van der Waals surface area (Å²) in [5.41, 5.74) is 1.59. The molecule has 1 saturated heterocycles. The largest absolute Gasteiger partial charge is 0.497 e. The number of ether oxygens (including phenoxy) is 3. The molecule has 2 aromatic carbocycles. The molecule has 1 aliphatic heterocycles. The van der Waals surface area contributed by atoms with Crippen LogP contribution in [-0.4, -0.2) is 31.9 Å². The smallest absolute Gasteiger partial charge is 0.264 e. The molecule has 1 aliphatic rings. The zero-order valence-electron chi connectivity index (χ0n) is 15.6. The molecule has 0 aromatic heterocycles. The van der Waals surface area contributed by atoms with Crippen LogP contribution < -0.4 is 19.5 Å². The maximum atomic E-state index is 12.3. The van der Waals surface area contributed by atoms with E-state index >= 15 is 0 Å². The SMILES string of the molecule is CCOc1c(I)cc(/C=C2\SC(=Nc3ccc(OC)cc3)NC2=O)cc1OC. The number of hydrogen-bond donors (Lipinski definition) is 1. The first-order valence-corrected chi connectivity index (χ1v) is 10.4. The van der Waals surface area contributed by atoms with Crippen LogP contribution in [0.4, 0.5) is 5.69 Å². The molecule has 1 amide bonds. The van der Waals surface area contributed by atoms with Crippen molar-refractivity contribution in [3.63, 3.8) is 0 Å². The number of methoxy groups -OCH3 is 2. The maximum absolute atomic E-state index is 12.3. The zero-order valence-corrected chi connectivity index (χ0v) is 18.6. The van der Waals surface area contributed by atoms with E-state index in [4.69, 9.17) is 14.2 Å². The lowest BCUT2D eigenvalue weighted by Gasteiger charge is -2.12. The van der Waals surface area contributed by atoms with Crippen LogP contribution in [0.15, 0.2) is 46.3 Å². The summed E-state index contributed by atoms with van der Waals surface area (Å²) in [6, 6.07) is 11.1. The number of nitrogens with one attached hydrogen (secondary N) is 1. The molecule has 28 heavy (non-hydrogen) atoms. The second kappa shape index (κ2) is 9.33. The number of amides is 1. The van der Waals surface area contributed by atoms with Crippen molar-refractivity contribution < 1.29 is 19.0 Å². The van der Waals surface area contributed by atoms with Gasteiger partial charge in [0.25, 0.3) is 5.91 Å². The molecule has 146 valence electrons. The molecule has 0 radical (unpaired) electrons. The quantitative estimate of drug-likeness (QED) is 0.455. The Morgan fingerprint density at radius 2 is 1.93 bits per heavy atom. The van der Waals surface area contributed by atoms with Crippen molar-refractivity contribution in [2.45, 2.75) is 6.92 Å². The summed E-state index contributed by atoms with van der Waals surface area (Å²) in [5, 5.41) is 3.33. The summed E-state index contributed by atoms with van der Waals surface area (Å²) in [5.74, 6) is 1.92. The van der Waals surface area contributed by atoms with Gasteiger partial charge < -0.3 is 19.5 Å². The summed E-state index contributed by atoms with van der Waals surface area (Å²) in [6.07, 6.45) is 1.82. The molecule has 0 atom stereocenters. The number of benzene rings is 2. The molecule has 8 heteroatoms. The molecule has 1 fully saturated rings. The van der Waals surface area contributed by atoms with Crippen molar-refractivity contribution in [1.29, 1.82) is 0 Å². The molecule has 0 unspecified atom stereocenters. The predicted molar refractivity (Wildman–Crippen MR) is 121 cm³/mol. The van der Waals surface area contributed by atoms with Gasteiger partial charge >= 0.3 is 0 Å². The Kier molecular flexibility index (Phi) is 6.84. The Morgan fingerprint density at radius 3 is 2.57 bits per heavy atom. The Hall–Kier alpha value is -2.20. The van der Waals surface area contributed by atoms with E-state index in [2.05, 4.69) is 32.9 Å². The number of hydrogen-bond acceptors (Lipinski definition) is 6. The van der Waals surface area contributed by atoms with Crippen LogP contribution in [0.3, 0.4) is 0 Å². The van der Waals surface area contributed by atoms with Crippen LogP contribution in [0, 0.1) is 3.57 Å². The molecule has 0 bridgehead atoms. The van der Waals surface area contributed by atoms with Gasteiger partial charge in [-0.3, -0.25) is 4.79 Å². The van der Waals surface area contributed by atoms with E-state index in [-0.39, 0.29) is 5.91 Å². The molecule has 2 aromatic rings. The summed E-state index contributed by atoms with van der Waals surface area (Å²) in [4.78, 5) is 17.4. The Balaban J connectivity index is 1.84. The van der Waals surface area contributed by atoms with E-state index in [9.17, 15) is 4.79 Å². The first-order valence-electron chi connectivity index (χ1n) is 8.48. The molecule has 0 saturated carbocycles. The van der Waals surface area contributed by atoms with Crippen LogP contribution in [-0.2, 0) is 4.79 Å². The first-order chi connectivity index (χ1) is 13.5. The number of aliphatic imine (C=N–C) groups is 1. The van der Waals surface area contributed by atoms with Gasteiger partial charge in [-0.1, -0.05) is 0 Å². The zero-order chi connectivity index (χ0) is 20.1. The first kappa shape index (κ1) is 20.5. The minimum Gasteiger partial charge on any atom is -0.497 e. The highest BCUT2D eigenvalue weighted by Crippen LogP contribution is 2.36. The van der Waals surface area contributed by atoms with Gasteiger partial charge in [0.1, 0.15) is 5.75 Å². The molecular formula is C20H19IN2O4S. The fourth-order valence-corrected chi connectivity index (χ4v) is 4.14. The molecular weight excluding hydrogens is 491 g/mol. The lowest BCUT2D eigenvalue weighted by Crippen LogP contribution is -2.19. The van der Waals surface area contributed by atoms with Crippen LogP contribution >= 0.6 is 34.4 Å². The van der Waals surface area contributed by atoms with E-state index < -0.39 is 0 Å². The second-order valence-corrected chi connectivity index (χ2v) is 7.84. The maximum Gasteiger partial charge on any atom is 0.264 e. The Labute approximate surface area is 181 Å². The number of nitrogens with zero attached hydrogens (tertiary/aromatic N) is 1. The third-order valence-corrected chi connectivity index (χ3v) is 5.50. The third kappa shape index (κ3) is 4.79. The van der Waals surface area contributed by atoms with Crippen molar-refractivity contribution in [3.8, 4) is 17.2 Å². The fraction of sp³-hybridized carbons (Fsp3) is 0.200. The van der Waals surface area contributed by atoms with Gasteiger partial charge in [-0.15, -0.1) is 0 Å². The average Bonchev–Trinajstić information content (AvgIpc) is 3.03. The van der Waals surface area contributed by atoms with Gasteiger partial charge in [-0.25, -0.2) is 4.99 Å². The van der Waals surface area contributed by atoms with Gasteiger partial charge in [0.15, 0.2) is 16.7 Å².